The number of alkyl halides is 3. The van der Waals surface area contributed by atoms with Gasteiger partial charge in [0.25, 0.3) is 0 Å². The van der Waals surface area contributed by atoms with Gasteiger partial charge in [0.1, 0.15) is 28.5 Å². The Labute approximate surface area is 208 Å². The Morgan fingerprint density at radius 3 is 2.56 bits per heavy atom. The summed E-state index contributed by atoms with van der Waals surface area (Å²) in [4.78, 5) is 17.9. The molecule has 13 heteroatoms. The van der Waals surface area contributed by atoms with Crippen molar-refractivity contribution in [2.45, 2.75) is 69.5 Å². The third kappa shape index (κ3) is 4.72. The smallest absolute Gasteiger partial charge is 0.396 e. The third-order valence-corrected chi connectivity index (χ3v) is 7.84. The summed E-state index contributed by atoms with van der Waals surface area (Å²) in [5, 5.41) is 36.3. The highest BCUT2D eigenvalue weighted by Gasteiger charge is 2.42. The van der Waals surface area contributed by atoms with E-state index in [1.54, 1.807) is 13.1 Å². The molecule has 3 aromatic rings. The van der Waals surface area contributed by atoms with Crippen molar-refractivity contribution in [2.24, 2.45) is 5.92 Å². The predicted molar refractivity (Wildman–Crippen MR) is 129 cm³/mol. The first-order chi connectivity index (χ1) is 17.1. The first-order valence-corrected chi connectivity index (χ1v) is 12.6. The number of fused-ring (bicyclic) bond motifs is 1. The van der Waals surface area contributed by atoms with Crippen molar-refractivity contribution in [1.29, 1.82) is 0 Å². The molecule has 3 heterocycles. The summed E-state index contributed by atoms with van der Waals surface area (Å²) in [6, 6.07) is -0.700. The fourth-order valence-electron chi connectivity index (χ4n) is 4.54. The zero-order valence-corrected chi connectivity index (χ0v) is 20.4. The van der Waals surface area contributed by atoms with Crippen LogP contribution in [0.2, 0.25) is 0 Å². The average molecular weight is 525 g/mol. The second-order valence-electron chi connectivity index (χ2n) is 9.51. The van der Waals surface area contributed by atoms with Gasteiger partial charge in [-0.1, -0.05) is 0 Å². The van der Waals surface area contributed by atoms with Crippen LogP contribution in [-0.2, 0) is 0 Å². The zero-order chi connectivity index (χ0) is 25.8. The van der Waals surface area contributed by atoms with E-state index in [2.05, 4.69) is 25.6 Å². The summed E-state index contributed by atoms with van der Waals surface area (Å²) < 4.78 is 40.5. The van der Waals surface area contributed by atoms with Gasteiger partial charge in [-0.2, -0.15) is 18.2 Å². The Balaban J connectivity index is 1.57. The molecule has 9 nitrogen and oxygen atoms in total. The number of nitrogens with one attached hydrogen (secondary N) is 2. The molecule has 5 rings (SSSR count). The highest BCUT2D eigenvalue weighted by atomic mass is 32.1. The first kappa shape index (κ1) is 25.1. The van der Waals surface area contributed by atoms with Crippen molar-refractivity contribution >= 4 is 33.3 Å². The highest BCUT2D eigenvalue weighted by Crippen LogP contribution is 2.44. The van der Waals surface area contributed by atoms with Crippen LogP contribution in [0.15, 0.2) is 12.3 Å². The lowest BCUT2D eigenvalue weighted by Crippen LogP contribution is -2.36. The van der Waals surface area contributed by atoms with Gasteiger partial charge in [0, 0.05) is 24.6 Å². The van der Waals surface area contributed by atoms with Crippen LogP contribution in [0.25, 0.3) is 20.8 Å². The van der Waals surface area contributed by atoms with Crippen LogP contribution in [0.3, 0.4) is 0 Å². The standard InChI is InChI=1S/C23H27F3N6O3S/c1-9-15(21-31-17-14(36-21)5-6-27-16(17)11-3-4-11)20(30-13-7-12(8-33)18(34)19(13)35)32-22(28-9)29-10(2)23(24,25)26/h5-6,10-13,18-19,33-35H,3-4,7-8H2,1-2H3,(H2,28,29,30,32)/t10-,12-,13-,18-,19+/m1/s1. The molecule has 3 aromatic heterocycles. The summed E-state index contributed by atoms with van der Waals surface area (Å²) in [7, 11) is 0. The fraction of sp³-hybridized carbons (Fsp3) is 0.565. The van der Waals surface area contributed by atoms with E-state index in [-0.39, 0.29) is 24.8 Å². The summed E-state index contributed by atoms with van der Waals surface area (Å²) in [6.07, 6.45) is -2.73. The van der Waals surface area contributed by atoms with E-state index in [0.717, 1.165) is 35.7 Å². The molecular formula is C23H27F3N6O3S. The largest absolute Gasteiger partial charge is 0.408 e. The Kier molecular flexibility index (Phi) is 6.52. The van der Waals surface area contributed by atoms with E-state index in [4.69, 9.17) is 4.98 Å². The molecule has 0 bridgehead atoms. The van der Waals surface area contributed by atoms with Gasteiger partial charge in [0.15, 0.2) is 0 Å². The zero-order valence-electron chi connectivity index (χ0n) is 19.6. The quantitative estimate of drug-likeness (QED) is 0.316. The van der Waals surface area contributed by atoms with Crippen molar-refractivity contribution in [3.8, 4) is 10.6 Å². The van der Waals surface area contributed by atoms with Crippen molar-refractivity contribution < 1.29 is 28.5 Å². The van der Waals surface area contributed by atoms with Crippen LogP contribution in [0.1, 0.15) is 43.5 Å². The summed E-state index contributed by atoms with van der Waals surface area (Å²) in [5.74, 6) is -0.202. The van der Waals surface area contributed by atoms with E-state index in [0.29, 0.717) is 22.2 Å². The number of hydrogen-bond donors (Lipinski definition) is 5. The molecule has 2 saturated carbocycles. The molecule has 0 aromatic carbocycles. The lowest BCUT2D eigenvalue weighted by atomic mass is 10.1. The number of aliphatic hydroxyl groups excluding tert-OH is 3. The van der Waals surface area contributed by atoms with Gasteiger partial charge in [-0.3, -0.25) is 4.98 Å². The van der Waals surface area contributed by atoms with Crippen LogP contribution >= 0.6 is 11.3 Å². The van der Waals surface area contributed by atoms with Crippen LogP contribution in [-0.4, -0.2) is 72.3 Å². The molecule has 0 spiro atoms. The van der Waals surface area contributed by atoms with Gasteiger partial charge in [-0.15, -0.1) is 11.3 Å². The molecule has 0 amide bonds. The second-order valence-corrected chi connectivity index (χ2v) is 10.5. The molecule has 5 atom stereocenters. The number of aryl methyl sites for hydroxylation is 1. The number of pyridine rings is 1. The number of nitrogens with zero attached hydrogens (tertiary/aromatic N) is 4. The molecule has 0 aliphatic heterocycles. The maximum Gasteiger partial charge on any atom is 0.408 e. The predicted octanol–water partition coefficient (Wildman–Crippen LogP) is 3.21. The van der Waals surface area contributed by atoms with Gasteiger partial charge in [-0.05, 0) is 39.2 Å². The number of hydrogen-bond acceptors (Lipinski definition) is 10. The molecule has 2 aliphatic rings. The summed E-state index contributed by atoms with van der Waals surface area (Å²) in [5.41, 5.74) is 2.61. The second kappa shape index (κ2) is 9.36. The molecule has 0 unspecified atom stereocenters. The van der Waals surface area contributed by atoms with E-state index >= 15 is 0 Å². The molecule has 0 radical (unpaired) electrons. The monoisotopic (exact) mass is 524 g/mol. The lowest BCUT2D eigenvalue weighted by molar-refractivity contribution is -0.138. The van der Waals surface area contributed by atoms with E-state index in [1.165, 1.54) is 11.3 Å². The van der Waals surface area contributed by atoms with Gasteiger partial charge < -0.3 is 26.0 Å². The minimum absolute atomic E-state index is 0.189. The normalized spacial score (nSPS) is 25.3. The maximum atomic E-state index is 13.2. The lowest BCUT2D eigenvalue weighted by Gasteiger charge is -2.22. The summed E-state index contributed by atoms with van der Waals surface area (Å²) in [6.45, 7) is 2.33. The fourth-order valence-corrected chi connectivity index (χ4v) is 5.60. The van der Waals surface area contributed by atoms with E-state index in [9.17, 15) is 28.5 Å². The van der Waals surface area contributed by atoms with Gasteiger partial charge in [0.05, 0.1) is 33.8 Å². The minimum atomic E-state index is -4.50. The van der Waals surface area contributed by atoms with Crippen molar-refractivity contribution in [1.82, 2.24) is 19.9 Å². The first-order valence-electron chi connectivity index (χ1n) is 11.8. The molecule has 0 saturated heterocycles. The van der Waals surface area contributed by atoms with Gasteiger partial charge >= 0.3 is 6.18 Å². The maximum absolute atomic E-state index is 13.2. The topological polar surface area (TPSA) is 136 Å². The minimum Gasteiger partial charge on any atom is -0.396 e. The Morgan fingerprint density at radius 2 is 1.92 bits per heavy atom. The number of aliphatic hydroxyl groups is 3. The number of thiazole rings is 1. The van der Waals surface area contributed by atoms with Crippen LogP contribution in [0.5, 0.6) is 0 Å². The summed E-state index contributed by atoms with van der Waals surface area (Å²) >= 11 is 1.40. The Bertz CT molecular complexity index is 1270. The molecule has 194 valence electrons. The Hall–Kier alpha value is -2.61. The van der Waals surface area contributed by atoms with Crippen LogP contribution in [0.4, 0.5) is 24.9 Å². The van der Waals surface area contributed by atoms with E-state index in [1.807, 2.05) is 6.07 Å². The molecular weight excluding hydrogens is 497 g/mol. The van der Waals surface area contributed by atoms with Crippen LogP contribution < -0.4 is 10.6 Å². The number of aromatic nitrogens is 4. The van der Waals surface area contributed by atoms with Crippen molar-refractivity contribution in [3.05, 3.63) is 23.7 Å². The number of halogens is 3. The average Bonchev–Trinajstić information content (AvgIpc) is 3.51. The molecule has 2 aliphatic carbocycles. The van der Waals surface area contributed by atoms with Crippen LogP contribution in [0, 0.1) is 12.8 Å². The SMILES string of the molecule is Cc1nc(N[C@H](C)C(F)(F)F)nc(N[C@@H]2C[C@H](CO)[C@@H](O)[C@H]2O)c1-c1nc2c(C3CC3)nccc2s1. The van der Waals surface area contributed by atoms with E-state index < -0.39 is 36.4 Å². The molecule has 2 fully saturated rings. The Morgan fingerprint density at radius 1 is 1.17 bits per heavy atom. The molecule has 36 heavy (non-hydrogen) atoms. The number of anilines is 2. The van der Waals surface area contributed by atoms with Gasteiger partial charge in [0.2, 0.25) is 5.95 Å². The highest BCUT2D eigenvalue weighted by molar-refractivity contribution is 7.21. The molecule has 5 N–H and O–H groups in total. The third-order valence-electron chi connectivity index (χ3n) is 6.80. The number of rotatable bonds is 7. The van der Waals surface area contributed by atoms with Crippen molar-refractivity contribution in [3.63, 3.8) is 0 Å². The van der Waals surface area contributed by atoms with Crippen molar-refractivity contribution in [2.75, 3.05) is 17.2 Å². The van der Waals surface area contributed by atoms with Gasteiger partial charge in [-0.25, -0.2) is 9.97 Å².